The van der Waals surface area contributed by atoms with Gasteiger partial charge in [-0.1, -0.05) is 49.9 Å². The first-order chi connectivity index (χ1) is 19.3. The average Bonchev–Trinajstić information content (AvgIpc) is 3.86. The molecule has 0 bridgehead atoms. The van der Waals surface area contributed by atoms with Gasteiger partial charge in [-0.15, -0.1) is 0 Å². The van der Waals surface area contributed by atoms with Crippen LogP contribution in [-0.2, 0) is 35.9 Å². The van der Waals surface area contributed by atoms with E-state index in [1.807, 2.05) is 17.4 Å². The quantitative estimate of drug-likeness (QED) is 0.403. The van der Waals surface area contributed by atoms with Gasteiger partial charge in [-0.3, -0.25) is 24.0 Å². The van der Waals surface area contributed by atoms with Crippen LogP contribution in [0.15, 0.2) is 24.3 Å². The number of hydrogen-bond donors (Lipinski definition) is 3. The van der Waals surface area contributed by atoms with E-state index in [0.29, 0.717) is 12.1 Å². The van der Waals surface area contributed by atoms with Crippen LogP contribution in [0, 0.1) is 11.8 Å². The molecule has 222 valence electrons. The predicted molar refractivity (Wildman–Crippen MR) is 139 cm³/mol. The lowest BCUT2D eigenvalue weighted by Gasteiger charge is -2.36. The molecule has 0 aromatic heterocycles. The zero-order valence-corrected chi connectivity index (χ0v) is 22.7. The molecular formula is C28H34F3N5O5. The second-order valence-electron chi connectivity index (χ2n) is 11.9. The maximum Gasteiger partial charge on any atom is 0.471 e. The molecule has 10 nitrogen and oxygen atoms in total. The second-order valence-corrected chi connectivity index (χ2v) is 11.9. The summed E-state index contributed by atoms with van der Waals surface area (Å²) in [6.45, 7) is 0.168. The maximum atomic E-state index is 14.2. The van der Waals surface area contributed by atoms with Gasteiger partial charge < -0.3 is 26.2 Å². The van der Waals surface area contributed by atoms with Crippen molar-refractivity contribution in [1.82, 2.24) is 20.4 Å². The molecule has 2 heterocycles. The third kappa shape index (κ3) is 5.76. The van der Waals surface area contributed by atoms with E-state index < -0.39 is 53.3 Å². The van der Waals surface area contributed by atoms with Crippen molar-refractivity contribution in [3.8, 4) is 0 Å². The summed E-state index contributed by atoms with van der Waals surface area (Å²) in [5.74, 6) is -4.63. The summed E-state index contributed by atoms with van der Waals surface area (Å²) in [6, 6.07) is 3.57. The van der Waals surface area contributed by atoms with E-state index >= 15 is 0 Å². The Balaban J connectivity index is 1.43. The topological polar surface area (TPSA) is 142 Å². The molecule has 5 amide bonds. The Bertz CT molecular complexity index is 1260. The van der Waals surface area contributed by atoms with Crippen molar-refractivity contribution >= 4 is 29.5 Å². The highest BCUT2D eigenvalue weighted by molar-refractivity contribution is 5.98. The van der Waals surface area contributed by atoms with Gasteiger partial charge >= 0.3 is 12.1 Å². The molecule has 3 fully saturated rings. The van der Waals surface area contributed by atoms with Gasteiger partial charge in [0.2, 0.25) is 23.6 Å². The van der Waals surface area contributed by atoms with E-state index in [0.717, 1.165) is 36.1 Å². The number of nitrogens with one attached hydrogen (secondary N) is 2. The monoisotopic (exact) mass is 577 g/mol. The molecule has 1 saturated heterocycles. The lowest BCUT2D eigenvalue weighted by Crippen LogP contribution is -2.58. The van der Waals surface area contributed by atoms with E-state index in [-0.39, 0.29) is 43.6 Å². The summed E-state index contributed by atoms with van der Waals surface area (Å²) in [7, 11) is 1.33. The number of benzene rings is 1. The van der Waals surface area contributed by atoms with E-state index in [1.54, 1.807) is 12.1 Å². The number of rotatable bonds is 9. The number of nitrogens with zero attached hydrogens (tertiary/aromatic N) is 2. The normalized spacial score (nSPS) is 25.2. The van der Waals surface area contributed by atoms with Crippen molar-refractivity contribution in [3.63, 3.8) is 0 Å². The van der Waals surface area contributed by atoms with Crippen LogP contribution in [0.5, 0.6) is 0 Å². The molecule has 41 heavy (non-hydrogen) atoms. The van der Waals surface area contributed by atoms with E-state index in [2.05, 4.69) is 5.32 Å². The molecule has 2 aliphatic carbocycles. The van der Waals surface area contributed by atoms with E-state index in [4.69, 9.17) is 5.73 Å². The standard InChI is InChI=1S/C28H34F3N5O5/c1-35(23(38)19(10-15-6-7-15)34-26(41)28(29,30)31)20(11-16-8-9-16)24(39)36-14-27(12-21(36)22(32)37)18-5-3-2-4-17(18)13-33-25(27)40/h2-5,15-16,19-21H,6-14H2,1H3,(H2,32,37)(H,33,40)(H,34,41). The molecule has 1 aromatic rings. The summed E-state index contributed by atoms with van der Waals surface area (Å²) < 4.78 is 39.2. The zero-order chi connectivity index (χ0) is 29.7. The van der Waals surface area contributed by atoms with Crippen LogP contribution >= 0.6 is 0 Å². The molecule has 4 unspecified atom stereocenters. The first kappa shape index (κ1) is 28.9. The van der Waals surface area contributed by atoms with Gasteiger partial charge in [0.05, 0.1) is 5.41 Å². The van der Waals surface area contributed by atoms with Crippen molar-refractivity contribution in [3.05, 3.63) is 35.4 Å². The van der Waals surface area contributed by atoms with Gasteiger partial charge in [-0.25, -0.2) is 0 Å². The predicted octanol–water partition coefficient (Wildman–Crippen LogP) is 1.11. The highest BCUT2D eigenvalue weighted by Crippen LogP contribution is 2.43. The van der Waals surface area contributed by atoms with Crippen LogP contribution < -0.4 is 16.4 Å². The fraction of sp³-hybridized carbons (Fsp3) is 0.607. The number of carbonyl (C=O) groups is 5. The highest BCUT2D eigenvalue weighted by Gasteiger charge is 2.57. The largest absolute Gasteiger partial charge is 0.471 e. The number of fused-ring (bicyclic) bond motifs is 2. The number of carbonyl (C=O) groups excluding carboxylic acids is 5. The van der Waals surface area contributed by atoms with Crippen LogP contribution in [0.4, 0.5) is 13.2 Å². The fourth-order valence-corrected chi connectivity index (χ4v) is 6.19. The number of amides is 5. The molecule has 2 aliphatic heterocycles. The number of alkyl halides is 3. The third-order valence-electron chi connectivity index (χ3n) is 8.86. The Labute approximate surface area is 235 Å². The van der Waals surface area contributed by atoms with E-state index in [1.165, 1.54) is 11.9 Å². The SMILES string of the molecule is CN(C(=O)C(CC1CC1)NC(=O)C(F)(F)F)C(CC1CC1)C(=O)N1CC2(CC1C(N)=O)C(=O)NCc1ccccc12. The van der Waals surface area contributed by atoms with Gasteiger partial charge in [0.15, 0.2) is 0 Å². The summed E-state index contributed by atoms with van der Waals surface area (Å²) in [5.41, 5.74) is 6.08. The molecular weight excluding hydrogens is 543 g/mol. The maximum absolute atomic E-state index is 14.2. The van der Waals surface area contributed by atoms with Crippen LogP contribution in [0.3, 0.4) is 0 Å². The minimum absolute atomic E-state index is 0.00558. The zero-order valence-electron chi connectivity index (χ0n) is 22.7. The molecule has 1 spiro atoms. The molecule has 5 rings (SSSR count). The minimum atomic E-state index is -5.17. The van der Waals surface area contributed by atoms with Crippen LogP contribution in [0.1, 0.15) is 56.1 Å². The van der Waals surface area contributed by atoms with Crippen molar-refractivity contribution < 1.29 is 37.1 Å². The second kappa shape index (κ2) is 10.6. The number of likely N-dealkylation sites (tertiary alicyclic amines) is 1. The number of nitrogens with two attached hydrogens (primary N) is 1. The Kier molecular flexibility index (Phi) is 7.49. The Hall–Kier alpha value is -3.64. The molecule has 4 atom stereocenters. The lowest BCUT2D eigenvalue weighted by atomic mass is 9.73. The first-order valence-corrected chi connectivity index (χ1v) is 13.9. The van der Waals surface area contributed by atoms with Crippen molar-refractivity contribution in [1.29, 1.82) is 0 Å². The van der Waals surface area contributed by atoms with Gasteiger partial charge in [-0.2, -0.15) is 13.2 Å². The first-order valence-electron chi connectivity index (χ1n) is 13.9. The fourth-order valence-electron chi connectivity index (χ4n) is 6.19. The Morgan fingerprint density at radius 2 is 1.76 bits per heavy atom. The molecule has 13 heteroatoms. The summed E-state index contributed by atoms with van der Waals surface area (Å²) in [6.07, 6.45) is -1.82. The van der Waals surface area contributed by atoms with Crippen molar-refractivity contribution in [2.45, 2.75) is 81.2 Å². The molecule has 0 radical (unpaired) electrons. The third-order valence-corrected chi connectivity index (χ3v) is 8.86. The smallest absolute Gasteiger partial charge is 0.368 e. The van der Waals surface area contributed by atoms with Gasteiger partial charge in [0.25, 0.3) is 0 Å². The summed E-state index contributed by atoms with van der Waals surface area (Å²) in [4.78, 5) is 67.8. The summed E-state index contributed by atoms with van der Waals surface area (Å²) in [5, 5.41) is 4.67. The van der Waals surface area contributed by atoms with Gasteiger partial charge in [-0.05, 0) is 42.2 Å². The molecule has 4 aliphatic rings. The van der Waals surface area contributed by atoms with E-state index in [9.17, 15) is 37.1 Å². The lowest BCUT2D eigenvalue weighted by molar-refractivity contribution is -0.175. The molecule has 1 aromatic carbocycles. The van der Waals surface area contributed by atoms with Crippen LogP contribution in [0.2, 0.25) is 0 Å². The molecule has 2 saturated carbocycles. The highest BCUT2D eigenvalue weighted by atomic mass is 19.4. The Morgan fingerprint density at radius 1 is 1.12 bits per heavy atom. The van der Waals surface area contributed by atoms with Crippen LogP contribution in [-0.4, -0.2) is 77.2 Å². The number of primary amides is 1. The number of hydrogen-bond acceptors (Lipinski definition) is 5. The number of halogens is 3. The van der Waals surface area contributed by atoms with Gasteiger partial charge in [0, 0.05) is 20.1 Å². The van der Waals surface area contributed by atoms with Crippen molar-refractivity contribution in [2.24, 2.45) is 17.6 Å². The van der Waals surface area contributed by atoms with Crippen LogP contribution in [0.25, 0.3) is 0 Å². The van der Waals surface area contributed by atoms with Crippen molar-refractivity contribution in [2.75, 3.05) is 13.6 Å². The number of likely N-dealkylation sites (N-methyl/N-ethyl adjacent to an activating group) is 1. The average molecular weight is 578 g/mol. The Morgan fingerprint density at radius 3 is 2.37 bits per heavy atom. The van der Waals surface area contributed by atoms with Gasteiger partial charge in [0.1, 0.15) is 18.1 Å². The summed E-state index contributed by atoms with van der Waals surface area (Å²) >= 11 is 0. The molecule has 4 N–H and O–H groups in total. The minimum Gasteiger partial charge on any atom is -0.368 e.